The molecule has 0 saturated carbocycles. The fourth-order valence-corrected chi connectivity index (χ4v) is 11.5. The number of fused-ring (bicyclic) bond motifs is 7. The van der Waals surface area contributed by atoms with Crippen molar-refractivity contribution in [3.8, 4) is 56.6 Å². The Balaban J connectivity index is 0.00000623. The normalized spacial score (nSPS) is 12.1. The fraction of sp³-hybridized carbons (Fsp3) is 0.167. The van der Waals surface area contributed by atoms with Gasteiger partial charge in [0.25, 0.3) is 6.33 Å². The number of ether oxygens (including phenoxy) is 1. The van der Waals surface area contributed by atoms with Crippen molar-refractivity contribution >= 4 is 54.6 Å². The van der Waals surface area contributed by atoms with Crippen LogP contribution in [0, 0.1) is 24.4 Å². The van der Waals surface area contributed by atoms with E-state index in [0.717, 1.165) is 89.9 Å². The summed E-state index contributed by atoms with van der Waals surface area (Å²) in [7, 11) is 0. The summed E-state index contributed by atoms with van der Waals surface area (Å²) in [5.41, 5.74) is 17.2. The summed E-state index contributed by atoms with van der Waals surface area (Å²) in [6.45, 7) is 18.3. The van der Waals surface area contributed by atoms with Crippen molar-refractivity contribution in [1.29, 1.82) is 0 Å². The maximum absolute atomic E-state index is 7.12. The van der Waals surface area contributed by atoms with E-state index in [1.165, 1.54) is 33.0 Å². The summed E-state index contributed by atoms with van der Waals surface area (Å²) >= 11 is 0. The quantitative estimate of drug-likeness (QED) is 0.101. The van der Waals surface area contributed by atoms with Gasteiger partial charge in [0.1, 0.15) is 5.82 Å². The first-order chi connectivity index (χ1) is 37.8. The van der Waals surface area contributed by atoms with Gasteiger partial charge in [0.05, 0.1) is 27.8 Å². The zero-order valence-electron chi connectivity index (χ0n) is 45.9. The molecule has 392 valence electrons. The van der Waals surface area contributed by atoms with Crippen molar-refractivity contribution < 1.29 is 30.4 Å². The van der Waals surface area contributed by atoms with Gasteiger partial charge in [-0.3, -0.25) is 4.57 Å². The molecule has 13 aromatic rings. The number of benzene rings is 9. The second-order valence-corrected chi connectivity index (χ2v) is 23.2. The van der Waals surface area contributed by atoms with Crippen LogP contribution in [0.25, 0.3) is 99.8 Å². The summed E-state index contributed by atoms with van der Waals surface area (Å²) < 4.78 is 16.1. The van der Waals surface area contributed by atoms with Gasteiger partial charge in [-0.1, -0.05) is 212 Å². The second kappa shape index (κ2) is 20.2. The van der Waals surface area contributed by atoms with Crippen LogP contribution in [0.1, 0.15) is 72.1 Å². The maximum atomic E-state index is 7.12. The SMILES string of the molecule is CC(C)Cc1ccnc(-n2c3[c-]c(Oc4[c-]c(-n5[c-][n+](-c6c(-c7ccccc7)cccc6-c6cc(C(C)(C)C)cc(C(C)(C)C)c6)c6ccccc65)ccc4)cc(-n4c5ccccc5c5ccccc54)c3c3ccccc32)c1.[Pt]. The first-order valence-electron chi connectivity index (χ1n) is 27.2. The van der Waals surface area contributed by atoms with E-state index >= 15 is 0 Å². The molecule has 0 N–H and O–H groups in total. The second-order valence-electron chi connectivity index (χ2n) is 23.2. The summed E-state index contributed by atoms with van der Waals surface area (Å²) in [4.78, 5) is 5.04. The van der Waals surface area contributed by atoms with Gasteiger partial charge in [-0.05, 0) is 109 Å². The Labute approximate surface area is 477 Å². The van der Waals surface area contributed by atoms with Crippen LogP contribution in [0.5, 0.6) is 11.5 Å². The van der Waals surface area contributed by atoms with Gasteiger partial charge in [-0.2, -0.15) is 12.1 Å². The Morgan fingerprint density at radius 3 is 1.77 bits per heavy atom. The molecule has 0 saturated heterocycles. The molecule has 0 unspecified atom stereocenters. The van der Waals surface area contributed by atoms with Crippen LogP contribution in [0.3, 0.4) is 0 Å². The molecule has 0 fully saturated rings. The van der Waals surface area contributed by atoms with Crippen molar-refractivity contribution in [1.82, 2.24) is 18.7 Å². The van der Waals surface area contributed by atoms with Crippen LogP contribution in [0.4, 0.5) is 0 Å². The largest absolute Gasteiger partial charge is 0.510 e. The molecule has 0 aliphatic heterocycles. The molecule has 9 aromatic carbocycles. The topological polar surface area (TPSA) is 40.8 Å². The molecule has 4 heterocycles. The average Bonchev–Trinajstić information content (AvgIpc) is 3.77. The van der Waals surface area contributed by atoms with Crippen molar-refractivity contribution in [3.05, 3.63) is 242 Å². The Morgan fingerprint density at radius 1 is 0.532 bits per heavy atom. The number of pyridine rings is 1. The smallest absolute Gasteiger partial charge is 0.268 e. The summed E-state index contributed by atoms with van der Waals surface area (Å²) in [6.07, 6.45) is 6.77. The molecule has 0 spiro atoms. The molecule has 6 nitrogen and oxygen atoms in total. The van der Waals surface area contributed by atoms with Crippen LogP contribution < -0.4 is 9.30 Å². The molecule has 79 heavy (non-hydrogen) atoms. The number of hydrogen-bond donors (Lipinski definition) is 0. The molecule has 13 rings (SSSR count). The predicted octanol–water partition coefficient (Wildman–Crippen LogP) is 17.8. The van der Waals surface area contributed by atoms with E-state index in [9.17, 15) is 0 Å². The molecule has 0 atom stereocenters. The third-order valence-electron chi connectivity index (χ3n) is 15.2. The fourth-order valence-electron chi connectivity index (χ4n) is 11.5. The minimum absolute atomic E-state index is 0. The van der Waals surface area contributed by atoms with E-state index in [-0.39, 0.29) is 31.9 Å². The van der Waals surface area contributed by atoms with E-state index in [4.69, 9.17) is 9.72 Å². The summed E-state index contributed by atoms with van der Waals surface area (Å²) in [5, 5.41) is 4.53. The number of rotatable bonds is 10. The van der Waals surface area contributed by atoms with Gasteiger partial charge >= 0.3 is 0 Å². The van der Waals surface area contributed by atoms with Gasteiger partial charge < -0.3 is 18.4 Å². The van der Waals surface area contributed by atoms with Crippen LogP contribution in [-0.2, 0) is 38.3 Å². The minimum atomic E-state index is -0.0592. The minimum Gasteiger partial charge on any atom is -0.510 e. The first-order valence-corrected chi connectivity index (χ1v) is 27.2. The van der Waals surface area contributed by atoms with Crippen LogP contribution in [0.15, 0.2) is 206 Å². The summed E-state index contributed by atoms with van der Waals surface area (Å²) in [6, 6.07) is 79.2. The van der Waals surface area contributed by atoms with Crippen LogP contribution in [0.2, 0.25) is 0 Å². The zero-order valence-corrected chi connectivity index (χ0v) is 48.1. The molecule has 0 radical (unpaired) electrons. The van der Waals surface area contributed by atoms with Crippen molar-refractivity contribution in [2.24, 2.45) is 5.92 Å². The van der Waals surface area contributed by atoms with E-state index < -0.39 is 0 Å². The van der Waals surface area contributed by atoms with E-state index in [1.807, 2.05) is 18.3 Å². The predicted molar refractivity (Wildman–Crippen MR) is 321 cm³/mol. The van der Waals surface area contributed by atoms with Crippen molar-refractivity contribution in [3.63, 3.8) is 0 Å². The number of nitrogens with zero attached hydrogens (tertiary/aromatic N) is 5. The first kappa shape index (κ1) is 51.4. The van der Waals surface area contributed by atoms with Crippen molar-refractivity contribution in [2.45, 2.75) is 72.6 Å². The summed E-state index contributed by atoms with van der Waals surface area (Å²) in [5.74, 6) is 2.44. The third kappa shape index (κ3) is 9.26. The number of para-hydroxylation sites is 6. The molecule has 0 aliphatic rings. The van der Waals surface area contributed by atoms with Gasteiger partial charge in [0, 0.05) is 55.1 Å². The van der Waals surface area contributed by atoms with Crippen LogP contribution in [-0.4, -0.2) is 18.7 Å². The van der Waals surface area contributed by atoms with E-state index in [0.29, 0.717) is 17.4 Å². The number of hydrogen-bond acceptors (Lipinski definition) is 2. The molecule has 4 aromatic heterocycles. The Bertz CT molecular complexity index is 4360. The zero-order chi connectivity index (χ0) is 53.5. The van der Waals surface area contributed by atoms with E-state index in [2.05, 4.69) is 280 Å². The third-order valence-corrected chi connectivity index (χ3v) is 15.2. The molecule has 0 amide bonds. The number of aromatic nitrogens is 5. The average molecular weight is 1210 g/mol. The van der Waals surface area contributed by atoms with Crippen molar-refractivity contribution in [2.75, 3.05) is 0 Å². The maximum Gasteiger partial charge on any atom is 0.268 e. The van der Waals surface area contributed by atoms with Gasteiger partial charge in [0.15, 0.2) is 0 Å². The van der Waals surface area contributed by atoms with Gasteiger partial charge in [-0.25, -0.2) is 4.98 Å². The molecular weight excluding hydrogens is 1150 g/mol. The van der Waals surface area contributed by atoms with Crippen LogP contribution >= 0.6 is 0 Å². The Morgan fingerprint density at radius 2 is 1.11 bits per heavy atom. The Kier molecular flexibility index (Phi) is 13.1. The molecule has 0 bridgehead atoms. The number of imidazole rings is 1. The van der Waals surface area contributed by atoms with Gasteiger partial charge in [0.2, 0.25) is 0 Å². The Hall–Kier alpha value is -8.31. The standard InChI is InChI=1S/C72H61N5O.Pt/c1-47(2)38-48-36-37-73-68(39-48)77-63-33-17-14-28-60(63)69-66(76-61-31-15-12-26-58(61)59-27-13-16-32-62(59)76)44-55(45-67(69)77)78-54-25-20-24-53(43-54)74-46-75(65-35-19-18-34-64(65)74)70-56(49-22-10-9-11-23-49)29-21-30-57(70)50-40-51(71(3,4)5)42-52(41-50)72(6,7)8;/h9-37,39-42,44,47H,38H2,1-8H3;/q-2;. The monoisotopic (exact) mass is 1210 g/mol. The van der Waals surface area contributed by atoms with E-state index in [1.54, 1.807) is 0 Å². The molecular formula is C72H61N5OPt-2. The molecule has 0 aliphatic carbocycles. The molecule has 7 heteroatoms. The van der Waals surface area contributed by atoms with Gasteiger partial charge in [-0.15, -0.1) is 24.3 Å².